The standard InChI is InChI=1S/C18H20F4N4O2S.C2HF3O2/c1-26(13-5-7-23-8-6-13)15-10-24-17(9-14(15)18(20,21)22)29(27,28)11-12-3-2-4-16(19)25-12;3-2(4,5)1(6)7/h2-4,9-10,13,23H,5-8,11H2,1H3;(H,6,7). The van der Waals surface area contributed by atoms with Crippen molar-refractivity contribution in [2.45, 2.75) is 42.0 Å². The van der Waals surface area contributed by atoms with Gasteiger partial charge in [0, 0.05) is 13.1 Å². The maximum absolute atomic E-state index is 13.7. The minimum absolute atomic E-state index is 0.113. The summed E-state index contributed by atoms with van der Waals surface area (Å²) in [6.45, 7) is 1.38. The molecule has 0 unspecified atom stereocenters. The number of alkyl halides is 6. The molecule has 3 heterocycles. The number of nitrogens with one attached hydrogen (secondary N) is 1. The molecule has 0 aliphatic carbocycles. The minimum Gasteiger partial charge on any atom is -0.475 e. The molecule has 1 aliphatic rings. The van der Waals surface area contributed by atoms with E-state index in [4.69, 9.17) is 9.90 Å². The van der Waals surface area contributed by atoms with Gasteiger partial charge < -0.3 is 15.3 Å². The number of anilines is 1. The van der Waals surface area contributed by atoms with Crippen LogP contribution < -0.4 is 10.2 Å². The Balaban J connectivity index is 0.000000572. The first-order valence-electron chi connectivity index (χ1n) is 10.2. The maximum Gasteiger partial charge on any atom is 0.490 e. The van der Waals surface area contributed by atoms with E-state index in [0.29, 0.717) is 32.0 Å². The van der Waals surface area contributed by atoms with Crippen molar-refractivity contribution >= 4 is 21.5 Å². The van der Waals surface area contributed by atoms with E-state index in [1.807, 2.05) is 0 Å². The normalized spacial score (nSPS) is 15.1. The lowest BCUT2D eigenvalue weighted by Gasteiger charge is -2.34. The number of aromatic nitrogens is 2. The third-order valence-corrected chi connectivity index (χ3v) is 6.61. The van der Waals surface area contributed by atoms with Crippen molar-refractivity contribution in [2.75, 3.05) is 25.0 Å². The van der Waals surface area contributed by atoms with Crippen LogP contribution in [-0.2, 0) is 26.6 Å². The average molecular weight is 546 g/mol. The molecule has 2 aromatic rings. The Labute approximate surface area is 201 Å². The SMILES string of the molecule is CN(c1cnc(S(=O)(=O)Cc2cccc(F)n2)cc1C(F)(F)F)C1CCNCC1.O=C(O)C(F)(F)F. The first-order chi connectivity index (χ1) is 16.5. The van der Waals surface area contributed by atoms with E-state index in [1.54, 1.807) is 7.05 Å². The van der Waals surface area contributed by atoms with Gasteiger partial charge >= 0.3 is 18.3 Å². The van der Waals surface area contributed by atoms with Gasteiger partial charge in [0.15, 0.2) is 5.03 Å². The van der Waals surface area contributed by atoms with Crippen LogP contribution in [0.1, 0.15) is 24.1 Å². The second kappa shape index (κ2) is 11.4. The number of halogens is 7. The average Bonchev–Trinajstić information content (AvgIpc) is 2.77. The summed E-state index contributed by atoms with van der Waals surface area (Å²) in [6, 6.07) is 4.03. The number of carboxylic acid groups (broad SMARTS) is 1. The van der Waals surface area contributed by atoms with Crippen molar-refractivity contribution in [1.82, 2.24) is 15.3 Å². The summed E-state index contributed by atoms with van der Waals surface area (Å²) >= 11 is 0. The Kier molecular flexibility index (Phi) is 9.23. The monoisotopic (exact) mass is 546 g/mol. The lowest BCUT2D eigenvalue weighted by atomic mass is 10.0. The first-order valence-corrected chi connectivity index (χ1v) is 11.8. The summed E-state index contributed by atoms with van der Waals surface area (Å²) < 4.78 is 111. The second-order valence-corrected chi connectivity index (χ2v) is 9.58. The van der Waals surface area contributed by atoms with Gasteiger partial charge in [0.2, 0.25) is 15.8 Å². The van der Waals surface area contributed by atoms with Gasteiger partial charge in [0.25, 0.3) is 0 Å². The highest BCUT2D eigenvalue weighted by atomic mass is 32.2. The maximum atomic E-state index is 13.7. The van der Waals surface area contributed by atoms with Crippen molar-refractivity contribution in [3.8, 4) is 0 Å². The van der Waals surface area contributed by atoms with Gasteiger partial charge in [-0.3, -0.25) is 0 Å². The minimum atomic E-state index is -5.08. The van der Waals surface area contributed by atoms with Crippen molar-refractivity contribution in [3.05, 3.63) is 47.7 Å². The summed E-state index contributed by atoms with van der Waals surface area (Å²) in [5.41, 5.74) is -1.36. The fourth-order valence-electron chi connectivity index (χ4n) is 3.30. The van der Waals surface area contributed by atoms with E-state index in [2.05, 4.69) is 15.3 Å². The molecule has 1 saturated heterocycles. The molecule has 0 aromatic carbocycles. The Morgan fingerprint density at radius 3 is 2.25 bits per heavy atom. The number of rotatable bonds is 5. The highest BCUT2D eigenvalue weighted by Crippen LogP contribution is 2.38. The van der Waals surface area contributed by atoms with E-state index in [1.165, 1.54) is 17.0 Å². The topological polar surface area (TPSA) is 112 Å². The van der Waals surface area contributed by atoms with Gasteiger partial charge in [-0.05, 0) is 44.1 Å². The van der Waals surface area contributed by atoms with Gasteiger partial charge in [0.05, 0.1) is 28.9 Å². The van der Waals surface area contributed by atoms with Crippen LogP contribution in [0.3, 0.4) is 0 Å². The van der Waals surface area contributed by atoms with Crippen molar-refractivity contribution in [2.24, 2.45) is 0 Å². The van der Waals surface area contributed by atoms with E-state index in [-0.39, 0.29) is 17.4 Å². The van der Waals surface area contributed by atoms with Crippen LogP contribution >= 0.6 is 0 Å². The molecule has 0 bridgehead atoms. The molecule has 1 aliphatic heterocycles. The van der Waals surface area contributed by atoms with Crippen LogP contribution in [0, 0.1) is 5.95 Å². The third kappa shape index (κ3) is 8.01. The lowest BCUT2D eigenvalue weighted by Crippen LogP contribution is -2.42. The van der Waals surface area contributed by atoms with Crippen molar-refractivity contribution in [1.29, 1.82) is 0 Å². The summed E-state index contributed by atoms with van der Waals surface area (Å²) in [4.78, 5) is 17.6. The van der Waals surface area contributed by atoms with Crippen LogP contribution in [0.5, 0.6) is 0 Å². The van der Waals surface area contributed by atoms with Crippen LogP contribution in [0.25, 0.3) is 0 Å². The molecule has 8 nitrogen and oxygen atoms in total. The molecule has 200 valence electrons. The summed E-state index contributed by atoms with van der Waals surface area (Å²) in [6.07, 6.45) is -7.57. The molecule has 0 amide bonds. The van der Waals surface area contributed by atoms with E-state index < -0.39 is 50.4 Å². The van der Waals surface area contributed by atoms with Crippen LogP contribution in [-0.4, -0.2) is 61.8 Å². The quantitative estimate of drug-likeness (QED) is 0.434. The number of carboxylic acids is 1. The number of carbonyl (C=O) groups is 1. The second-order valence-electron chi connectivity index (χ2n) is 7.64. The Morgan fingerprint density at radius 1 is 1.17 bits per heavy atom. The number of pyridine rings is 2. The summed E-state index contributed by atoms with van der Waals surface area (Å²) in [7, 11) is -2.70. The van der Waals surface area contributed by atoms with Gasteiger partial charge in [-0.1, -0.05) is 6.07 Å². The van der Waals surface area contributed by atoms with Crippen LogP contribution in [0.2, 0.25) is 0 Å². The molecule has 3 rings (SSSR count). The highest BCUT2D eigenvalue weighted by Gasteiger charge is 2.39. The highest BCUT2D eigenvalue weighted by molar-refractivity contribution is 7.90. The van der Waals surface area contributed by atoms with Crippen molar-refractivity contribution < 1.29 is 49.1 Å². The predicted octanol–water partition coefficient (Wildman–Crippen LogP) is 3.43. The number of piperidine rings is 1. The van der Waals surface area contributed by atoms with Gasteiger partial charge in [0.1, 0.15) is 0 Å². The molecule has 2 N–H and O–H groups in total. The smallest absolute Gasteiger partial charge is 0.475 e. The number of hydrogen-bond donors (Lipinski definition) is 2. The largest absolute Gasteiger partial charge is 0.490 e. The lowest BCUT2D eigenvalue weighted by molar-refractivity contribution is -0.192. The molecular formula is C20H21F7N4O4S. The Hall–Kier alpha value is -3.01. The molecule has 0 saturated carbocycles. The van der Waals surface area contributed by atoms with Gasteiger partial charge in [-0.2, -0.15) is 30.7 Å². The van der Waals surface area contributed by atoms with E-state index >= 15 is 0 Å². The Bertz CT molecular complexity index is 1170. The van der Waals surface area contributed by atoms with Crippen molar-refractivity contribution in [3.63, 3.8) is 0 Å². The molecule has 2 aromatic heterocycles. The molecule has 1 fully saturated rings. The number of sulfone groups is 1. The molecule has 0 spiro atoms. The fraction of sp³-hybridized carbons (Fsp3) is 0.450. The Morgan fingerprint density at radius 2 is 1.75 bits per heavy atom. The molecular weight excluding hydrogens is 525 g/mol. The molecule has 0 radical (unpaired) electrons. The predicted molar refractivity (Wildman–Crippen MR) is 112 cm³/mol. The molecule has 0 atom stereocenters. The van der Waals surface area contributed by atoms with Gasteiger partial charge in [-0.15, -0.1) is 0 Å². The fourth-order valence-corrected chi connectivity index (χ4v) is 4.51. The molecule has 16 heteroatoms. The number of aliphatic carboxylic acids is 1. The van der Waals surface area contributed by atoms with Crippen LogP contribution in [0.15, 0.2) is 35.5 Å². The zero-order valence-electron chi connectivity index (χ0n) is 18.6. The van der Waals surface area contributed by atoms with Gasteiger partial charge in [-0.25, -0.2) is 23.2 Å². The number of hydrogen-bond acceptors (Lipinski definition) is 7. The number of nitrogens with zero attached hydrogens (tertiary/aromatic N) is 3. The zero-order valence-corrected chi connectivity index (χ0v) is 19.4. The first kappa shape index (κ1) is 29.2. The zero-order chi connectivity index (χ0) is 27.3. The van der Waals surface area contributed by atoms with E-state index in [0.717, 1.165) is 12.3 Å². The third-order valence-electron chi connectivity index (χ3n) is 5.07. The summed E-state index contributed by atoms with van der Waals surface area (Å²) in [5.74, 6) is -4.38. The van der Waals surface area contributed by atoms with Crippen LogP contribution in [0.4, 0.5) is 36.4 Å². The van der Waals surface area contributed by atoms with E-state index in [9.17, 15) is 39.2 Å². The molecule has 36 heavy (non-hydrogen) atoms. The summed E-state index contributed by atoms with van der Waals surface area (Å²) in [5, 5.41) is 9.55.